The Morgan fingerprint density at radius 1 is 1.17 bits per heavy atom. The second-order valence-electron chi connectivity index (χ2n) is 4.64. The highest BCUT2D eigenvalue weighted by molar-refractivity contribution is 7.91. The van der Waals surface area contributed by atoms with Crippen LogP contribution in [0.25, 0.3) is 0 Å². The van der Waals surface area contributed by atoms with Crippen LogP contribution in [0.4, 0.5) is 0 Å². The minimum absolute atomic E-state index is 0.104. The second-order valence-corrected chi connectivity index (χ2v) is 6.86. The summed E-state index contributed by atoms with van der Waals surface area (Å²) in [6.07, 6.45) is 0.676. The van der Waals surface area contributed by atoms with E-state index >= 15 is 0 Å². The highest BCUT2D eigenvalue weighted by Crippen LogP contribution is 2.16. The zero-order valence-corrected chi connectivity index (χ0v) is 12.3. The number of sulfone groups is 1. The third-order valence-electron chi connectivity index (χ3n) is 2.87. The summed E-state index contributed by atoms with van der Waals surface area (Å²) < 4.78 is 23.8. The quantitative estimate of drug-likeness (QED) is 0.827. The van der Waals surface area contributed by atoms with Crippen molar-refractivity contribution in [1.29, 1.82) is 0 Å². The van der Waals surface area contributed by atoms with E-state index in [4.69, 9.17) is 0 Å². The van der Waals surface area contributed by atoms with Gasteiger partial charge in [-0.05, 0) is 25.5 Å². The van der Waals surface area contributed by atoms with Crippen LogP contribution in [0.5, 0.6) is 0 Å². The van der Waals surface area contributed by atoms with E-state index < -0.39 is 9.84 Å². The summed E-state index contributed by atoms with van der Waals surface area (Å²) in [6.45, 7) is 6.68. The molecule has 4 heteroatoms. The predicted octanol–water partition coefficient (Wildman–Crippen LogP) is 2.47. The Morgan fingerprint density at radius 2 is 1.78 bits per heavy atom. The molecule has 0 fully saturated rings. The molecule has 3 nitrogen and oxygen atoms in total. The van der Waals surface area contributed by atoms with Gasteiger partial charge in [-0.25, -0.2) is 8.42 Å². The lowest BCUT2D eigenvalue weighted by molar-refractivity contribution is 0.558. The second kappa shape index (κ2) is 6.90. The number of nitrogens with one attached hydrogen (secondary N) is 1. The first-order valence-corrected chi connectivity index (χ1v) is 8.31. The third-order valence-corrected chi connectivity index (χ3v) is 4.74. The highest BCUT2D eigenvalue weighted by Gasteiger charge is 2.19. The molecule has 1 aromatic carbocycles. The zero-order chi connectivity index (χ0) is 13.6. The van der Waals surface area contributed by atoms with Gasteiger partial charge in [0.2, 0.25) is 0 Å². The van der Waals surface area contributed by atoms with E-state index in [0.717, 1.165) is 12.1 Å². The number of aryl methyl sites for hydroxylation is 1. The van der Waals surface area contributed by atoms with Crippen molar-refractivity contribution in [3.8, 4) is 0 Å². The lowest BCUT2D eigenvalue weighted by atomic mass is 10.1. The van der Waals surface area contributed by atoms with Crippen LogP contribution in [0, 0.1) is 6.92 Å². The molecule has 1 N–H and O–H groups in total. The summed E-state index contributed by atoms with van der Waals surface area (Å²) in [5.74, 6) is 0.443. The Balaban J connectivity index is 2.86. The average molecular weight is 269 g/mol. The maximum absolute atomic E-state index is 11.9. The molecule has 102 valence electrons. The molecule has 18 heavy (non-hydrogen) atoms. The van der Waals surface area contributed by atoms with Crippen LogP contribution in [0.1, 0.15) is 37.4 Å². The van der Waals surface area contributed by atoms with E-state index in [1.54, 1.807) is 0 Å². The van der Waals surface area contributed by atoms with Gasteiger partial charge in [-0.3, -0.25) is 0 Å². The van der Waals surface area contributed by atoms with E-state index in [9.17, 15) is 8.42 Å². The first-order chi connectivity index (χ1) is 8.48. The van der Waals surface area contributed by atoms with E-state index in [2.05, 4.69) is 5.32 Å². The van der Waals surface area contributed by atoms with Crippen LogP contribution in [0.15, 0.2) is 24.3 Å². The van der Waals surface area contributed by atoms with E-state index in [-0.39, 0.29) is 17.5 Å². The van der Waals surface area contributed by atoms with Crippen LogP contribution in [0.2, 0.25) is 0 Å². The fourth-order valence-corrected chi connectivity index (χ4v) is 3.57. The van der Waals surface area contributed by atoms with Gasteiger partial charge in [0.25, 0.3) is 0 Å². The molecule has 0 aliphatic rings. The molecule has 0 radical (unpaired) electrons. The topological polar surface area (TPSA) is 46.2 Å². The van der Waals surface area contributed by atoms with Crippen molar-refractivity contribution in [2.24, 2.45) is 0 Å². The molecule has 0 aliphatic heterocycles. The zero-order valence-electron chi connectivity index (χ0n) is 11.4. The molecule has 0 heterocycles. The summed E-state index contributed by atoms with van der Waals surface area (Å²) in [4.78, 5) is 0. The number of hydrogen-bond donors (Lipinski definition) is 1. The molecule has 0 bridgehead atoms. The number of benzene rings is 1. The van der Waals surface area contributed by atoms with Crippen LogP contribution in [0.3, 0.4) is 0 Å². The van der Waals surface area contributed by atoms with E-state index in [1.807, 2.05) is 45.0 Å². The largest absolute Gasteiger partial charge is 0.309 e. The molecular weight excluding hydrogens is 246 g/mol. The van der Waals surface area contributed by atoms with Crippen molar-refractivity contribution in [3.63, 3.8) is 0 Å². The summed E-state index contributed by atoms with van der Waals surface area (Å²) >= 11 is 0. The molecule has 0 amide bonds. The minimum atomic E-state index is -2.97. The lowest BCUT2D eigenvalue weighted by Crippen LogP contribution is -2.29. The van der Waals surface area contributed by atoms with Gasteiger partial charge in [0.05, 0.1) is 5.75 Å². The predicted molar refractivity (Wildman–Crippen MR) is 76.5 cm³/mol. The van der Waals surface area contributed by atoms with Gasteiger partial charge >= 0.3 is 0 Å². The van der Waals surface area contributed by atoms with Crippen molar-refractivity contribution < 1.29 is 8.42 Å². The first kappa shape index (κ1) is 15.2. The molecule has 0 aromatic heterocycles. The molecule has 0 spiro atoms. The monoisotopic (exact) mass is 269 g/mol. The Morgan fingerprint density at radius 3 is 2.28 bits per heavy atom. The van der Waals surface area contributed by atoms with Crippen molar-refractivity contribution in [1.82, 2.24) is 5.32 Å². The highest BCUT2D eigenvalue weighted by atomic mass is 32.2. The normalized spacial score (nSPS) is 13.5. The molecule has 1 aromatic rings. The minimum Gasteiger partial charge on any atom is -0.309 e. The van der Waals surface area contributed by atoms with Gasteiger partial charge < -0.3 is 5.32 Å². The molecular formula is C14H23NO2S. The number of hydrogen-bond acceptors (Lipinski definition) is 3. The van der Waals surface area contributed by atoms with Crippen molar-refractivity contribution in [3.05, 3.63) is 35.4 Å². The van der Waals surface area contributed by atoms with Gasteiger partial charge in [-0.2, -0.15) is 0 Å². The SMILES string of the molecule is CCCS(=O)(=O)CC(NCC)c1ccc(C)cc1. The van der Waals surface area contributed by atoms with Gasteiger partial charge in [0.15, 0.2) is 9.84 Å². The van der Waals surface area contributed by atoms with E-state index in [1.165, 1.54) is 5.56 Å². The van der Waals surface area contributed by atoms with Gasteiger partial charge in [-0.15, -0.1) is 0 Å². The van der Waals surface area contributed by atoms with Crippen LogP contribution in [-0.4, -0.2) is 26.5 Å². The smallest absolute Gasteiger partial charge is 0.152 e. The van der Waals surface area contributed by atoms with Gasteiger partial charge in [0, 0.05) is 11.8 Å². The molecule has 1 unspecified atom stereocenters. The fraction of sp³-hybridized carbons (Fsp3) is 0.571. The molecule has 0 saturated heterocycles. The van der Waals surface area contributed by atoms with Crippen LogP contribution >= 0.6 is 0 Å². The summed E-state index contributed by atoms with van der Waals surface area (Å²) in [7, 11) is -2.97. The van der Waals surface area contributed by atoms with Crippen LogP contribution in [-0.2, 0) is 9.84 Å². The lowest BCUT2D eigenvalue weighted by Gasteiger charge is -2.18. The van der Waals surface area contributed by atoms with Crippen molar-refractivity contribution >= 4 is 9.84 Å². The maximum atomic E-state index is 11.9. The number of rotatable bonds is 7. The molecule has 1 atom stereocenters. The van der Waals surface area contributed by atoms with Crippen molar-refractivity contribution in [2.45, 2.75) is 33.2 Å². The Bertz CT molecular complexity index is 451. The van der Waals surface area contributed by atoms with E-state index in [0.29, 0.717) is 6.42 Å². The van der Waals surface area contributed by atoms with Crippen molar-refractivity contribution in [2.75, 3.05) is 18.1 Å². The van der Waals surface area contributed by atoms with Gasteiger partial charge in [-0.1, -0.05) is 43.7 Å². The van der Waals surface area contributed by atoms with Gasteiger partial charge in [0.1, 0.15) is 0 Å². The molecule has 1 rings (SSSR count). The fourth-order valence-electron chi connectivity index (χ4n) is 1.97. The standard InChI is InChI=1S/C14H23NO2S/c1-4-10-18(16,17)11-14(15-5-2)13-8-6-12(3)7-9-13/h6-9,14-15H,4-5,10-11H2,1-3H3. The Kier molecular flexibility index (Phi) is 5.82. The van der Waals surface area contributed by atoms with Crippen LogP contribution < -0.4 is 5.32 Å². The average Bonchev–Trinajstić information content (AvgIpc) is 2.29. The maximum Gasteiger partial charge on any atom is 0.152 e. The Hall–Kier alpha value is -0.870. The Labute approximate surface area is 111 Å². The third kappa shape index (κ3) is 4.78. The summed E-state index contributed by atoms with van der Waals surface area (Å²) in [5, 5.41) is 3.25. The summed E-state index contributed by atoms with van der Waals surface area (Å²) in [6, 6.07) is 7.94. The molecule has 0 aliphatic carbocycles. The summed E-state index contributed by atoms with van der Waals surface area (Å²) in [5.41, 5.74) is 2.23. The first-order valence-electron chi connectivity index (χ1n) is 6.49. The molecule has 0 saturated carbocycles.